The first-order chi connectivity index (χ1) is 12.8. The Kier molecular flexibility index (Phi) is 3.81. The van der Waals surface area contributed by atoms with Crippen molar-refractivity contribution in [2.45, 2.75) is 32.6 Å². The summed E-state index contributed by atoms with van der Waals surface area (Å²) in [4.78, 5) is 13.0. The number of Topliss-reactive ketones (excluding diaryl/α,β-unsaturated/α-hetero) is 1. The molecule has 0 aromatic heterocycles. The van der Waals surface area contributed by atoms with Crippen LogP contribution in [0.2, 0.25) is 0 Å². The van der Waals surface area contributed by atoms with Crippen molar-refractivity contribution < 1.29 is 23.7 Å². The number of nitriles is 1. The van der Waals surface area contributed by atoms with Crippen molar-refractivity contribution in [2.24, 2.45) is 11.1 Å². The lowest BCUT2D eigenvalue weighted by molar-refractivity contribution is -0.119. The van der Waals surface area contributed by atoms with E-state index >= 15 is 0 Å². The molecule has 0 radical (unpaired) electrons. The molecule has 1 aliphatic carbocycles. The Morgan fingerprint density at radius 2 is 1.96 bits per heavy atom. The molecule has 1 aromatic carbocycles. The molecule has 27 heavy (non-hydrogen) atoms. The number of hydrogen-bond acceptors (Lipinski definition) is 7. The topological polar surface area (TPSA) is 104 Å². The third-order valence-electron chi connectivity index (χ3n) is 5.11. The van der Waals surface area contributed by atoms with E-state index in [0.29, 0.717) is 47.0 Å². The quantitative estimate of drug-likeness (QED) is 0.856. The second kappa shape index (κ2) is 5.95. The molecule has 0 saturated heterocycles. The second-order valence-corrected chi connectivity index (χ2v) is 7.65. The van der Waals surface area contributed by atoms with Crippen LogP contribution in [0.1, 0.15) is 38.2 Å². The van der Waals surface area contributed by atoms with E-state index in [9.17, 15) is 10.1 Å². The lowest BCUT2D eigenvalue weighted by Crippen LogP contribution is -2.33. The zero-order valence-corrected chi connectivity index (χ0v) is 15.4. The molecule has 7 nitrogen and oxygen atoms in total. The van der Waals surface area contributed by atoms with Gasteiger partial charge in [-0.1, -0.05) is 13.8 Å². The van der Waals surface area contributed by atoms with Crippen LogP contribution in [-0.4, -0.2) is 19.7 Å². The fourth-order valence-electron chi connectivity index (χ4n) is 3.94. The number of methoxy groups -OCH3 is 1. The molecule has 0 unspecified atom stereocenters. The summed E-state index contributed by atoms with van der Waals surface area (Å²) in [7, 11) is 1.53. The van der Waals surface area contributed by atoms with Crippen LogP contribution in [-0.2, 0) is 9.53 Å². The zero-order valence-electron chi connectivity index (χ0n) is 15.4. The molecule has 0 amide bonds. The number of hydrogen-bond donors (Lipinski definition) is 1. The minimum Gasteiger partial charge on any atom is -0.496 e. The number of carbonyl (C=O) groups excluding carboxylic acids is 1. The molecule has 3 aliphatic rings. The maximum Gasteiger partial charge on any atom is 0.231 e. The van der Waals surface area contributed by atoms with E-state index in [1.165, 1.54) is 7.11 Å². The predicted molar refractivity (Wildman–Crippen MR) is 94.8 cm³/mol. The van der Waals surface area contributed by atoms with Crippen molar-refractivity contribution in [3.05, 3.63) is 40.5 Å². The molecule has 1 atom stereocenters. The van der Waals surface area contributed by atoms with Gasteiger partial charge in [0.2, 0.25) is 12.7 Å². The first-order valence-electron chi connectivity index (χ1n) is 8.66. The van der Waals surface area contributed by atoms with Gasteiger partial charge in [-0.3, -0.25) is 4.79 Å². The standard InChI is InChI=1S/C20H20N2O5/c1-20(2)6-12(23)18-16(7-20)27-19(22)11(8-21)17(18)10-4-14-15(26-9-25-14)5-13(10)24-3/h4-5,17H,6-7,9,22H2,1-3H3/t17-/m0/s1. The maximum atomic E-state index is 13.0. The Balaban J connectivity index is 1.94. The number of ether oxygens (including phenoxy) is 4. The van der Waals surface area contributed by atoms with Gasteiger partial charge >= 0.3 is 0 Å². The van der Waals surface area contributed by atoms with Crippen LogP contribution in [0, 0.1) is 16.7 Å². The third-order valence-corrected chi connectivity index (χ3v) is 5.11. The molecule has 2 heterocycles. The molecule has 7 heteroatoms. The second-order valence-electron chi connectivity index (χ2n) is 7.65. The van der Waals surface area contributed by atoms with Crippen molar-refractivity contribution in [3.63, 3.8) is 0 Å². The van der Waals surface area contributed by atoms with Gasteiger partial charge in [0.1, 0.15) is 23.2 Å². The minimum atomic E-state index is -0.660. The van der Waals surface area contributed by atoms with Crippen molar-refractivity contribution in [3.8, 4) is 23.3 Å². The number of rotatable bonds is 2. The first kappa shape index (κ1) is 17.3. The largest absolute Gasteiger partial charge is 0.496 e. The van der Waals surface area contributed by atoms with Crippen LogP contribution >= 0.6 is 0 Å². The molecule has 0 bridgehead atoms. The summed E-state index contributed by atoms with van der Waals surface area (Å²) in [5.74, 6) is 1.43. The molecule has 1 aromatic rings. The summed E-state index contributed by atoms with van der Waals surface area (Å²) < 4.78 is 22.1. The van der Waals surface area contributed by atoms with Crippen LogP contribution in [0.5, 0.6) is 17.2 Å². The van der Waals surface area contributed by atoms with Gasteiger partial charge in [0.05, 0.1) is 13.0 Å². The van der Waals surface area contributed by atoms with E-state index in [0.717, 1.165) is 0 Å². The summed E-state index contributed by atoms with van der Waals surface area (Å²) in [6.45, 7) is 4.13. The van der Waals surface area contributed by atoms with Crippen LogP contribution < -0.4 is 19.9 Å². The van der Waals surface area contributed by atoms with E-state index in [-0.39, 0.29) is 29.4 Å². The van der Waals surface area contributed by atoms with Gasteiger partial charge in [-0.25, -0.2) is 0 Å². The smallest absolute Gasteiger partial charge is 0.231 e. The first-order valence-corrected chi connectivity index (χ1v) is 8.66. The van der Waals surface area contributed by atoms with Crippen molar-refractivity contribution in [2.75, 3.05) is 13.9 Å². The predicted octanol–water partition coefficient (Wildman–Crippen LogP) is 2.87. The number of nitrogens with two attached hydrogens (primary N) is 1. The number of carbonyl (C=O) groups is 1. The highest BCUT2D eigenvalue weighted by atomic mass is 16.7. The van der Waals surface area contributed by atoms with E-state index in [1.807, 2.05) is 13.8 Å². The monoisotopic (exact) mass is 368 g/mol. The van der Waals surface area contributed by atoms with E-state index in [1.54, 1.807) is 12.1 Å². The van der Waals surface area contributed by atoms with Gasteiger partial charge in [-0.2, -0.15) is 5.26 Å². The third kappa shape index (κ3) is 2.69. The van der Waals surface area contributed by atoms with E-state index < -0.39 is 5.92 Å². The molecular formula is C20H20N2O5. The number of fused-ring (bicyclic) bond motifs is 1. The highest BCUT2D eigenvalue weighted by Crippen LogP contribution is 2.51. The fraction of sp³-hybridized carbons (Fsp3) is 0.400. The van der Waals surface area contributed by atoms with Gasteiger partial charge in [0.25, 0.3) is 0 Å². The van der Waals surface area contributed by atoms with E-state index in [2.05, 4.69) is 6.07 Å². The molecule has 0 spiro atoms. The molecule has 0 fully saturated rings. The van der Waals surface area contributed by atoms with Crippen LogP contribution in [0.15, 0.2) is 34.9 Å². The van der Waals surface area contributed by atoms with Gasteiger partial charge in [0.15, 0.2) is 17.3 Å². The van der Waals surface area contributed by atoms with Crippen molar-refractivity contribution in [1.82, 2.24) is 0 Å². The lowest BCUT2D eigenvalue weighted by Gasteiger charge is -2.37. The normalized spacial score (nSPS) is 22.9. The highest BCUT2D eigenvalue weighted by molar-refractivity contribution is 6.00. The average Bonchev–Trinajstić information content (AvgIpc) is 3.05. The highest BCUT2D eigenvalue weighted by Gasteiger charge is 2.44. The number of allylic oxidation sites excluding steroid dienone is 3. The summed E-state index contributed by atoms with van der Waals surface area (Å²) in [6, 6.07) is 5.56. The number of nitrogens with zero attached hydrogens (tertiary/aromatic N) is 1. The fourth-order valence-corrected chi connectivity index (χ4v) is 3.94. The summed E-state index contributed by atoms with van der Waals surface area (Å²) in [5.41, 5.74) is 7.12. The molecule has 0 saturated carbocycles. The maximum absolute atomic E-state index is 13.0. The zero-order chi connectivity index (χ0) is 19.3. The summed E-state index contributed by atoms with van der Waals surface area (Å²) >= 11 is 0. The Bertz CT molecular complexity index is 952. The molecule has 2 N–H and O–H groups in total. The molecule has 4 rings (SSSR count). The van der Waals surface area contributed by atoms with Gasteiger partial charge in [-0.15, -0.1) is 0 Å². The van der Waals surface area contributed by atoms with Crippen LogP contribution in [0.25, 0.3) is 0 Å². The lowest BCUT2D eigenvalue weighted by atomic mass is 9.70. The van der Waals surface area contributed by atoms with Crippen molar-refractivity contribution >= 4 is 5.78 Å². The molecule has 2 aliphatic heterocycles. The summed E-state index contributed by atoms with van der Waals surface area (Å²) in [6.07, 6.45) is 0.939. The Morgan fingerprint density at radius 3 is 2.63 bits per heavy atom. The number of benzene rings is 1. The minimum absolute atomic E-state index is 0.0199. The Hall–Kier alpha value is -3.14. The van der Waals surface area contributed by atoms with Gasteiger partial charge in [-0.05, 0) is 11.5 Å². The Morgan fingerprint density at radius 1 is 1.26 bits per heavy atom. The molecule has 140 valence electrons. The van der Waals surface area contributed by atoms with Crippen LogP contribution in [0.3, 0.4) is 0 Å². The molecular weight excluding hydrogens is 348 g/mol. The average molecular weight is 368 g/mol. The van der Waals surface area contributed by atoms with E-state index in [4.69, 9.17) is 24.7 Å². The number of ketones is 1. The SMILES string of the molecule is COc1cc2c(cc1[C@H]1C(C#N)=C(N)OC3=C1C(=O)CC(C)(C)C3)OCO2. The summed E-state index contributed by atoms with van der Waals surface area (Å²) in [5, 5.41) is 9.73. The van der Waals surface area contributed by atoms with Crippen molar-refractivity contribution in [1.29, 1.82) is 5.26 Å². The Labute approximate surface area is 156 Å². The van der Waals surface area contributed by atoms with Gasteiger partial charge in [0, 0.05) is 30.0 Å². The van der Waals surface area contributed by atoms with Crippen LogP contribution in [0.4, 0.5) is 0 Å². The van der Waals surface area contributed by atoms with Gasteiger partial charge < -0.3 is 24.7 Å².